The number of aromatic nitrogens is 1. The molecule has 0 radical (unpaired) electrons. The molecule has 1 fully saturated rings. The second-order valence-electron chi connectivity index (χ2n) is 6.82. The van der Waals surface area contributed by atoms with E-state index in [0.717, 1.165) is 12.1 Å². The Morgan fingerprint density at radius 3 is 2.82 bits per heavy atom. The van der Waals surface area contributed by atoms with Gasteiger partial charge < -0.3 is 19.9 Å². The van der Waals surface area contributed by atoms with Gasteiger partial charge in [0.1, 0.15) is 5.60 Å². The number of ether oxygens (including phenoxy) is 1. The van der Waals surface area contributed by atoms with E-state index in [2.05, 4.69) is 22.4 Å². The summed E-state index contributed by atoms with van der Waals surface area (Å²) in [5.74, 6) is 0. The largest absolute Gasteiger partial charge is 0.444 e. The van der Waals surface area contributed by atoms with Crippen molar-refractivity contribution in [2.24, 2.45) is 0 Å². The predicted molar refractivity (Wildman–Crippen MR) is 86.7 cm³/mol. The average Bonchev–Trinajstić information content (AvgIpc) is 2.78. The van der Waals surface area contributed by atoms with Crippen LogP contribution in [0.15, 0.2) is 30.5 Å². The molecule has 1 aromatic carbocycles. The van der Waals surface area contributed by atoms with E-state index in [9.17, 15) is 4.79 Å². The number of carbonyl (C=O) groups is 1. The summed E-state index contributed by atoms with van der Waals surface area (Å²) in [5.41, 5.74) is 1.98. The highest BCUT2D eigenvalue weighted by molar-refractivity contribution is 5.82. The fourth-order valence-corrected chi connectivity index (χ4v) is 2.62. The summed E-state index contributed by atoms with van der Waals surface area (Å²) >= 11 is 0. The van der Waals surface area contributed by atoms with Crippen LogP contribution in [0.2, 0.25) is 0 Å². The van der Waals surface area contributed by atoms with E-state index in [-0.39, 0.29) is 6.09 Å². The molecule has 2 heterocycles. The number of hydrogen-bond donors (Lipinski definition) is 2. The van der Waals surface area contributed by atoms with E-state index in [1.54, 1.807) is 4.90 Å². The molecule has 0 unspecified atom stereocenters. The second kappa shape index (κ2) is 5.65. The minimum Gasteiger partial charge on any atom is -0.444 e. The molecule has 2 aromatic rings. The topological polar surface area (TPSA) is 57.4 Å². The summed E-state index contributed by atoms with van der Waals surface area (Å²) in [6.45, 7) is 7.87. The Bertz CT molecular complexity index is 666. The summed E-state index contributed by atoms with van der Waals surface area (Å²) in [6.07, 6.45) is 1.82. The Balaban J connectivity index is 1.48. The number of likely N-dealkylation sites (tertiary alicyclic amines) is 1. The quantitative estimate of drug-likeness (QED) is 0.916. The number of fused-ring (bicyclic) bond motifs is 1. The highest BCUT2D eigenvalue weighted by Crippen LogP contribution is 2.19. The number of rotatable bonds is 3. The van der Waals surface area contributed by atoms with Gasteiger partial charge in [-0.2, -0.15) is 0 Å². The van der Waals surface area contributed by atoms with Gasteiger partial charge in [-0.05, 0) is 32.4 Å². The second-order valence-corrected chi connectivity index (χ2v) is 6.82. The van der Waals surface area contributed by atoms with Crippen LogP contribution < -0.4 is 5.32 Å². The molecule has 0 aliphatic carbocycles. The van der Waals surface area contributed by atoms with Gasteiger partial charge in [-0.3, -0.25) is 0 Å². The van der Waals surface area contributed by atoms with Gasteiger partial charge in [0.05, 0.1) is 0 Å². The lowest BCUT2D eigenvalue weighted by Crippen LogP contribution is -2.60. The lowest BCUT2D eigenvalue weighted by Gasteiger charge is -2.40. The Hall–Kier alpha value is -2.01. The predicted octanol–water partition coefficient (Wildman–Crippen LogP) is 2.88. The van der Waals surface area contributed by atoms with Gasteiger partial charge in [0.15, 0.2) is 0 Å². The lowest BCUT2D eigenvalue weighted by atomic mass is 10.1. The molecule has 1 aliphatic rings. The van der Waals surface area contributed by atoms with Gasteiger partial charge in [-0.1, -0.05) is 18.2 Å². The van der Waals surface area contributed by atoms with Crippen LogP contribution in [0, 0.1) is 0 Å². The summed E-state index contributed by atoms with van der Waals surface area (Å²) in [4.78, 5) is 16.9. The first-order chi connectivity index (χ1) is 10.4. The number of nitrogens with one attached hydrogen (secondary N) is 2. The maximum atomic E-state index is 11.9. The lowest BCUT2D eigenvalue weighted by molar-refractivity contribution is 0.00519. The SMILES string of the molecule is CC(C)(C)OC(=O)N1CC(NCc2c[nH]c3ccccc23)C1. The van der Waals surface area contributed by atoms with Crippen LogP contribution in [-0.4, -0.2) is 40.7 Å². The van der Waals surface area contributed by atoms with Crippen molar-refractivity contribution in [3.8, 4) is 0 Å². The van der Waals surface area contributed by atoms with Crippen LogP contribution >= 0.6 is 0 Å². The van der Waals surface area contributed by atoms with Crippen LogP contribution in [0.25, 0.3) is 10.9 Å². The molecule has 1 amide bonds. The minimum atomic E-state index is -0.431. The Labute approximate surface area is 130 Å². The smallest absolute Gasteiger partial charge is 0.410 e. The average molecular weight is 301 g/mol. The summed E-state index contributed by atoms with van der Waals surface area (Å²) in [7, 11) is 0. The molecule has 1 aromatic heterocycles. The van der Waals surface area contributed by atoms with Crippen molar-refractivity contribution in [1.82, 2.24) is 15.2 Å². The zero-order chi connectivity index (χ0) is 15.7. The first-order valence-electron chi connectivity index (χ1n) is 7.69. The van der Waals surface area contributed by atoms with Crippen LogP contribution in [-0.2, 0) is 11.3 Å². The molecule has 1 aliphatic heterocycles. The number of nitrogens with zero attached hydrogens (tertiary/aromatic N) is 1. The van der Waals surface area contributed by atoms with Gasteiger partial charge >= 0.3 is 6.09 Å². The number of carbonyl (C=O) groups excluding carboxylic acids is 1. The van der Waals surface area contributed by atoms with Crippen LogP contribution in [0.5, 0.6) is 0 Å². The maximum absolute atomic E-state index is 11.9. The summed E-state index contributed by atoms with van der Waals surface area (Å²) in [5, 5.41) is 4.74. The number of para-hydroxylation sites is 1. The molecule has 118 valence electrons. The Morgan fingerprint density at radius 1 is 1.36 bits per heavy atom. The van der Waals surface area contributed by atoms with Crippen molar-refractivity contribution in [2.75, 3.05) is 13.1 Å². The maximum Gasteiger partial charge on any atom is 0.410 e. The third-order valence-corrected chi connectivity index (χ3v) is 3.79. The Kier molecular flexibility index (Phi) is 3.83. The molecule has 0 spiro atoms. The molecule has 0 bridgehead atoms. The number of amides is 1. The highest BCUT2D eigenvalue weighted by Gasteiger charge is 2.33. The monoisotopic (exact) mass is 301 g/mol. The molecule has 2 N–H and O–H groups in total. The molecule has 0 atom stereocenters. The third-order valence-electron chi connectivity index (χ3n) is 3.79. The van der Waals surface area contributed by atoms with Crippen molar-refractivity contribution >= 4 is 17.0 Å². The van der Waals surface area contributed by atoms with Crippen molar-refractivity contribution in [2.45, 2.75) is 39.0 Å². The fraction of sp³-hybridized carbons (Fsp3) is 0.471. The normalized spacial score (nSPS) is 15.9. The van der Waals surface area contributed by atoms with Gasteiger partial charge in [0.2, 0.25) is 0 Å². The van der Waals surface area contributed by atoms with Crippen LogP contribution in [0.4, 0.5) is 4.79 Å². The molecule has 5 nitrogen and oxygen atoms in total. The first-order valence-corrected chi connectivity index (χ1v) is 7.69. The van der Waals surface area contributed by atoms with Crippen molar-refractivity contribution in [3.63, 3.8) is 0 Å². The number of aromatic amines is 1. The van der Waals surface area contributed by atoms with E-state index in [0.29, 0.717) is 19.1 Å². The van der Waals surface area contributed by atoms with E-state index in [1.807, 2.05) is 39.1 Å². The number of benzene rings is 1. The van der Waals surface area contributed by atoms with Gasteiger partial charge in [0.25, 0.3) is 0 Å². The molecular weight excluding hydrogens is 278 g/mol. The molecule has 22 heavy (non-hydrogen) atoms. The van der Waals surface area contributed by atoms with Crippen molar-refractivity contribution in [3.05, 3.63) is 36.0 Å². The standard InChI is InChI=1S/C17H23N3O2/c1-17(2,3)22-16(21)20-10-13(11-20)18-8-12-9-19-15-7-5-4-6-14(12)15/h4-7,9,13,18-19H,8,10-11H2,1-3H3. The first kappa shape index (κ1) is 14.9. The van der Waals surface area contributed by atoms with Gasteiger partial charge in [-0.15, -0.1) is 0 Å². The number of hydrogen-bond acceptors (Lipinski definition) is 3. The van der Waals surface area contributed by atoms with Gasteiger partial charge in [-0.25, -0.2) is 4.79 Å². The molecule has 0 saturated carbocycles. The van der Waals surface area contributed by atoms with E-state index >= 15 is 0 Å². The fourth-order valence-electron chi connectivity index (χ4n) is 2.62. The zero-order valence-corrected chi connectivity index (χ0v) is 13.3. The third kappa shape index (κ3) is 3.25. The number of H-pyrrole nitrogens is 1. The molecule has 5 heteroatoms. The van der Waals surface area contributed by atoms with Crippen LogP contribution in [0.3, 0.4) is 0 Å². The van der Waals surface area contributed by atoms with Crippen molar-refractivity contribution < 1.29 is 9.53 Å². The molecule has 3 rings (SSSR count). The van der Waals surface area contributed by atoms with E-state index < -0.39 is 5.60 Å². The Morgan fingerprint density at radius 2 is 2.09 bits per heavy atom. The van der Waals surface area contributed by atoms with E-state index in [1.165, 1.54) is 10.9 Å². The summed E-state index contributed by atoms with van der Waals surface area (Å²) < 4.78 is 5.35. The minimum absolute atomic E-state index is 0.224. The van der Waals surface area contributed by atoms with Crippen LogP contribution in [0.1, 0.15) is 26.3 Å². The molecule has 1 saturated heterocycles. The van der Waals surface area contributed by atoms with E-state index in [4.69, 9.17) is 4.74 Å². The van der Waals surface area contributed by atoms with Crippen molar-refractivity contribution in [1.29, 1.82) is 0 Å². The highest BCUT2D eigenvalue weighted by atomic mass is 16.6. The molecular formula is C17H23N3O2. The zero-order valence-electron chi connectivity index (χ0n) is 13.3. The summed E-state index contributed by atoms with van der Waals surface area (Å²) in [6, 6.07) is 8.61. The van der Waals surface area contributed by atoms with Gasteiger partial charge in [0, 0.05) is 42.8 Å².